The molecule has 1 saturated heterocycles. The van der Waals surface area contributed by atoms with Crippen LogP contribution < -0.4 is 11.1 Å². The van der Waals surface area contributed by atoms with E-state index in [9.17, 15) is 0 Å². The number of hydrogen-bond donors (Lipinski definition) is 2. The molecule has 0 aliphatic carbocycles. The Morgan fingerprint density at radius 1 is 1.67 bits per heavy atom. The van der Waals surface area contributed by atoms with Gasteiger partial charge in [0.15, 0.2) is 0 Å². The molecule has 3 nitrogen and oxygen atoms in total. The van der Waals surface area contributed by atoms with Crippen LogP contribution in [0.4, 0.5) is 0 Å². The van der Waals surface area contributed by atoms with Gasteiger partial charge in [-0.25, -0.2) is 0 Å². The van der Waals surface area contributed by atoms with E-state index in [-0.39, 0.29) is 0 Å². The zero-order valence-corrected chi connectivity index (χ0v) is 8.21. The van der Waals surface area contributed by atoms with Crippen molar-refractivity contribution in [2.75, 3.05) is 33.7 Å². The number of rotatable bonds is 4. The number of nitrogens with two attached hydrogens (primary N) is 1. The van der Waals surface area contributed by atoms with Gasteiger partial charge in [0.25, 0.3) is 0 Å². The normalized spacial score (nSPS) is 27.8. The van der Waals surface area contributed by atoms with E-state index in [0.29, 0.717) is 6.04 Å². The van der Waals surface area contributed by atoms with Crippen molar-refractivity contribution >= 4 is 0 Å². The number of nitrogens with zero attached hydrogens (tertiary/aromatic N) is 1. The maximum absolute atomic E-state index is 5.55. The van der Waals surface area contributed by atoms with Crippen molar-refractivity contribution in [3.8, 4) is 0 Å². The van der Waals surface area contributed by atoms with Crippen LogP contribution in [-0.2, 0) is 0 Å². The minimum absolute atomic E-state index is 0.625. The SMILES string of the molecule is CNC(CCN)C1CCN(C)C1. The topological polar surface area (TPSA) is 41.3 Å². The maximum atomic E-state index is 5.55. The lowest BCUT2D eigenvalue weighted by Gasteiger charge is -2.22. The largest absolute Gasteiger partial charge is 0.330 e. The van der Waals surface area contributed by atoms with Crippen LogP contribution in [0.3, 0.4) is 0 Å². The summed E-state index contributed by atoms with van der Waals surface area (Å²) in [7, 11) is 4.23. The minimum Gasteiger partial charge on any atom is -0.330 e. The molecular formula is C9H21N3. The van der Waals surface area contributed by atoms with Crippen molar-refractivity contribution in [2.45, 2.75) is 18.9 Å². The first kappa shape index (κ1) is 9.96. The van der Waals surface area contributed by atoms with Crippen molar-refractivity contribution in [1.29, 1.82) is 0 Å². The Hall–Kier alpha value is -0.120. The van der Waals surface area contributed by atoms with Gasteiger partial charge >= 0.3 is 0 Å². The molecule has 3 N–H and O–H groups in total. The van der Waals surface area contributed by atoms with Gasteiger partial charge in [0.1, 0.15) is 0 Å². The summed E-state index contributed by atoms with van der Waals surface area (Å²) in [6, 6.07) is 0.625. The van der Waals surface area contributed by atoms with Gasteiger partial charge in [-0.1, -0.05) is 0 Å². The number of hydrogen-bond acceptors (Lipinski definition) is 3. The summed E-state index contributed by atoms with van der Waals surface area (Å²) in [4.78, 5) is 2.39. The van der Waals surface area contributed by atoms with Crippen molar-refractivity contribution in [3.63, 3.8) is 0 Å². The molecular weight excluding hydrogens is 150 g/mol. The van der Waals surface area contributed by atoms with Crippen LogP contribution in [0, 0.1) is 5.92 Å². The monoisotopic (exact) mass is 171 g/mol. The highest BCUT2D eigenvalue weighted by atomic mass is 15.1. The molecule has 0 aromatic heterocycles. The zero-order valence-electron chi connectivity index (χ0n) is 8.21. The Morgan fingerprint density at radius 3 is 2.83 bits per heavy atom. The van der Waals surface area contributed by atoms with E-state index >= 15 is 0 Å². The van der Waals surface area contributed by atoms with Gasteiger partial charge in [-0.3, -0.25) is 0 Å². The van der Waals surface area contributed by atoms with Crippen LogP contribution >= 0.6 is 0 Å². The molecule has 3 heteroatoms. The van der Waals surface area contributed by atoms with Crippen LogP contribution in [0.5, 0.6) is 0 Å². The first-order chi connectivity index (χ1) is 5.77. The van der Waals surface area contributed by atoms with E-state index in [0.717, 1.165) is 18.9 Å². The average molecular weight is 171 g/mol. The van der Waals surface area contributed by atoms with E-state index in [2.05, 4.69) is 17.3 Å². The highest BCUT2D eigenvalue weighted by molar-refractivity contribution is 4.83. The number of likely N-dealkylation sites (tertiary alicyclic amines) is 1. The summed E-state index contributed by atoms with van der Waals surface area (Å²) >= 11 is 0. The zero-order chi connectivity index (χ0) is 8.97. The third kappa shape index (κ3) is 2.44. The fourth-order valence-corrected chi connectivity index (χ4v) is 2.09. The van der Waals surface area contributed by atoms with Gasteiger partial charge in [0.05, 0.1) is 0 Å². The minimum atomic E-state index is 0.625. The Morgan fingerprint density at radius 2 is 2.42 bits per heavy atom. The fourth-order valence-electron chi connectivity index (χ4n) is 2.09. The average Bonchev–Trinajstić information content (AvgIpc) is 2.47. The first-order valence-electron chi connectivity index (χ1n) is 4.83. The molecule has 12 heavy (non-hydrogen) atoms. The maximum Gasteiger partial charge on any atom is 0.0117 e. The summed E-state index contributed by atoms with van der Waals surface area (Å²) in [6.07, 6.45) is 2.43. The molecule has 0 saturated carbocycles. The molecule has 0 spiro atoms. The van der Waals surface area contributed by atoms with Crippen LogP contribution in [-0.4, -0.2) is 44.7 Å². The van der Waals surface area contributed by atoms with Gasteiger partial charge in [-0.15, -0.1) is 0 Å². The third-order valence-electron chi connectivity index (χ3n) is 2.85. The van der Waals surface area contributed by atoms with E-state index in [1.807, 2.05) is 7.05 Å². The summed E-state index contributed by atoms with van der Waals surface area (Å²) in [5.41, 5.74) is 5.55. The summed E-state index contributed by atoms with van der Waals surface area (Å²) < 4.78 is 0. The summed E-state index contributed by atoms with van der Waals surface area (Å²) in [6.45, 7) is 3.27. The Labute approximate surface area is 75.3 Å². The van der Waals surface area contributed by atoms with Crippen LogP contribution in [0.15, 0.2) is 0 Å². The molecule has 0 aromatic rings. The first-order valence-corrected chi connectivity index (χ1v) is 4.83. The fraction of sp³-hybridized carbons (Fsp3) is 1.00. The van der Waals surface area contributed by atoms with E-state index < -0.39 is 0 Å². The second-order valence-corrected chi connectivity index (χ2v) is 3.78. The molecule has 72 valence electrons. The van der Waals surface area contributed by atoms with E-state index in [1.165, 1.54) is 19.5 Å². The van der Waals surface area contributed by atoms with Gasteiger partial charge < -0.3 is 16.0 Å². The molecule has 1 rings (SSSR count). The van der Waals surface area contributed by atoms with E-state index in [1.54, 1.807) is 0 Å². The molecule has 1 aliphatic rings. The van der Waals surface area contributed by atoms with Crippen molar-refractivity contribution < 1.29 is 0 Å². The van der Waals surface area contributed by atoms with Crippen molar-refractivity contribution in [2.24, 2.45) is 11.7 Å². The predicted molar refractivity (Wildman–Crippen MR) is 52.1 cm³/mol. The molecule has 0 aromatic carbocycles. The smallest absolute Gasteiger partial charge is 0.0117 e. The Kier molecular flexibility index (Phi) is 3.98. The molecule has 1 fully saturated rings. The predicted octanol–water partition coefficient (Wildman–Crippen LogP) is -0.125. The van der Waals surface area contributed by atoms with Gasteiger partial charge in [-0.2, -0.15) is 0 Å². The lowest BCUT2D eigenvalue weighted by molar-refractivity contribution is 0.336. The van der Waals surface area contributed by atoms with Crippen LogP contribution in [0.25, 0.3) is 0 Å². The summed E-state index contributed by atoms with van der Waals surface area (Å²) in [5.74, 6) is 0.809. The molecule has 0 amide bonds. The third-order valence-corrected chi connectivity index (χ3v) is 2.85. The van der Waals surface area contributed by atoms with Gasteiger partial charge in [0, 0.05) is 12.6 Å². The Balaban J connectivity index is 2.33. The molecule has 1 heterocycles. The number of nitrogens with one attached hydrogen (secondary N) is 1. The van der Waals surface area contributed by atoms with Crippen molar-refractivity contribution in [1.82, 2.24) is 10.2 Å². The molecule has 0 bridgehead atoms. The van der Waals surface area contributed by atoms with E-state index in [4.69, 9.17) is 5.73 Å². The van der Waals surface area contributed by atoms with Crippen molar-refractivity contribution in [3.05, 3.63) is 0 Å². The summed E-state index contributed by atoms with van der Waals surface area (Å²) in [5, 5.41) is 3.36. The van der Waals surface area contributed by atoms with Gasteiger partial charge in [0.2, 0.25) is 0 Å². The quantitative estimate of drug-likeness (QED) is 0.619. The Bertz CT molecular complexity index is 125. The standard InChI is InChI=1S/C9H21N3/c1-11-9(3-5-10)8-4-6-12(2)7-8/h8-9,11H,3-7,10H2,1-2H3. The van der Waals surface area contributed by atoms with Crippen LogP contribution in [0.1, 0.15) is 12.8 Å². The highest BCUT2D eigenvalue weighted by Crippen LogP contribution is 2.19. The second-order valence-electron chi connectivity index (χ2n) is 3.78. The lowest BCUT2D eigenvalue weighted by Crippen LogP contribution is -2.36. The van der Waals surface area contributed by atoms with Crippen LogP contribution in [0.2, 0.25) is 0 Å². The van der Waals surface area contributed by atoms with Gasteiger partial charge in [-0.05, 0) is 45.9 Å². The molecule has 2 unspecified atom stereocenters. The molecule has 0 radical (unpaired) electrons. The second kappa shape index (κ2) is 4.80. The lowest BCUT2D eigenvalue weighted by atomic mass is 9.96. The molecule has 2 atom stereocenters. The highest BCUT2D eigenvalue weighted by Gasteiger charge is 2.25. The molecule has 1 aliphatic heterocycles.